The van der Waals surface area contributed by atoms with Crippen molar-refractivity contribution in [2.75, 3.05) is 0 Å². The molecule has 2 aromatic rings. The van der Waals surface area contributed by atoms with Gasteiger partial charge in [-0.05, 0) is 43.2 Å². The van der Waals surface area contributed by atoms with Crippen molar-refractivity contribution in [2.45, 2.75) is 32.0 Å². The Labute approximate surface area is 172 Å². The number of halogens is 2. The second kappa shape index (κ2) is 7.49. The minimum absolute atomic E-state index is 0.158. The molecule has 2 heterocycles. The number of amides is 2. The van der Waals surface area contributed by atoms with Crippen LogP contribution in [0.15, 0.2) is 48.7 Å². The second-order valence-corrected chi connectivity index (χ2v) is 7.73. The summed E-state index contributed by atoms with van der Waals surface area (Å²) in [4.78, 5) is 26.8. The van der Waals surface area contributed by atoms with Crippen LogP contribution in [0.5, 0.6) is 5.75 Å². The number of hydrogen-bond acceptors (Lipinski definition) is 3. The van der Waals surface area contributed by atoms with Crippen molar-refractivity contribution in [1.82, 2.24) is 10.2 Å². The lowest BCUT2D eigenvalue weighted by atomic mass is 10.0. The predicted molar refractivity (Wildman–Crippen MR) is 107 cm³/mol. The minimum Gasteiger partial charge on any atom is -0.488 e. The van der Waals surface area contributed by atoms with Gasteiger partial charge >= 0.3 is 0 Å². The Bertz CT molecular complexity index is 990. The van der Waals surface area contributed by atoms with Crippen LogP contribution in [-0.4, -0.2) is 22.8 Å². The summed E-state index contributed by atoms with van der Waals surface area (Å²) in [7, 11) is 0. The fourth-order valence-electron chi connectivity index (χ4n) is 3.58. The first-order valence-electron chi connectivity index (χ1n) is 8.92. The van der Waals surface area contributed by atoms with Crippen molar-refractivity contribution in [3.8, 4) is 5.75 Å². The van der Waals surface area contributed by atoms with Gasteiger partial charge in [-0.3, -0.25) is 9.59 Å². The molecule has 2 aliphatic heterocycles. The van der Waals surface area contributed by atoms with E-state index in [0.29, 0.717) is 46.4 Å². The molecular formula is C21H18Cl2N2O3. The molecule has 1 unspecified atom stereocenters. The van der Waals surface area contributed by atoms with Crippen LogP contribution >= 0.6 is 23.2 Å². The lowest BCUT2D eigenvalue weighted by Gasteiger charge is -2.31. The first-order valence-corrected chi connectivity index (χ1v) is 9.68. The number of piperidine rings is 1. The second-order valence-electron chi connectivity index (χ2n) is 6.89. The highest BCUT2D eigenvalue weighted by Gasteiger charge is 2.39. The van der Waals surface area contributed by atoms with Crippen LogP contribution in [0.2, 0.25) is 10.0 Å². The van der Waals surface area contributed by atoms with Gasteiger partial charge in [0.1, 0.15) is 18.4 Å². The molecule has 144 valence electrons. The molecule has 7 heteroatoms. The number of rotatable bonds is 4. The number of fused-ring (bicyclic) bond motifs is 1. The van der Waals surface area contributed by atoms with E-state index in [-0.39, 0.29) is 18.4 Å². The maximum absolute atomic E-state index is 12.9. The van der Waals surface area contributed by atoms with E-state index in [1.54, 1.807) is 35.2 Å². The predicted octanol–water partition coefficient (Wildman–Crippen LogP) is 4.32. The van der Waals surface area contributed by atoms with Crippen molar-refractivity contribution in [2.24, 2.45) is 0 Å². The van der Waals surface area contributed by atoms with Crippen molar-refractivity contribution in [3.05, 3.63) is 75.4 Å². The number of hydrogen-bond donors (Lipinski definition) is 1. The van der Waals surface area contributed by atoms with E-state index < -0.39 is 6.04 Å². The monoisotopic (exact) mass is 416 g/mol. The number of nitrogens with zero attached hydrogens (tertiary/aromatic N) is 1. The average Bonchev–Trinajstić information content (AvgIpc) is 3.00. The maximum Gasteiger partial charge on any atom is 0.255 e. The highest BCUT2D eigenvalue weighted by molar-refractivity contribution is 6.33. The molecule has 5 nitrogen and oxygen atoms in total. The number of carbonyl (C=O) groups is 2. The number of benzene rings is 2. The Morgan fingerprint density at radius 3 is 2.82 bits per heavy atom. The highest BCUT2D eigenvalue weighted by Crippen LogP contribution is 2.34. The van der Waals surface area contributed by atoms with E-state index in [0.717, 1.165) is 11.1 Å². The molecule has 0 radical (unpaired) electrons. The van der Waals surface area contributed by atoms with Crippen LogP contribution in [0.4, 0.5) is 0 Å². The molecule has 1 fully saturated rings. The van der Waals surface area contributed by atoms with Gasteiger partial charge in [0.05, 0.1) is 6.54 Å². The molecule has 0 aliphatic carbocycles. The molecule has 0 bridgehead atoms. The van der Waals surface area contributed by atoms with Crippen LogP contribution < -0.4 is 10.1 Å². The smallest absolute Gasteiger partial charge is 0.255 e. The van der Waals surface area contributed by atoms with Crippen molar-refractivity contribution < 1.29 is 14.3 Å². The van der Waals surface area contributed by atoms with Crippen molar-refractivity contribution >= 4 is 35.0 Å². The lowest BCUT2D eigenvalue weighted by molar-refractivity contribution is -0.126. The number of allylic oxidation sites excluding steroid dienone is 1. The van der Waals surface area contributed by atoms with Crippen molar-refractivity contribution in [1.29, 1.82) is 0 Å². The van der Waals surface area contributed by atoms with Gasteiger partial charge in [0.2, 0.25) is 5.91 Å². The summed E-state index contributed by atoms with van der Waals surface area (Å²) in [6.07, 6.45) is 1.23. The Morgan fingerprint density at radius 2 is 2.04 bits per heavy atom. The van der Waals surface area contributed by atoms with Crippen LogP contribution in [-0.2, 0) is 17.9 Å². The zero-order valence-electron chi connectivity index (χ0n) is 15.0. The Kier molecular flexibility index (Phi) is 5.04. The molecule has 4 rings (SSSR count). The molecule has 1 saturated heterocycles. The van der Waals surface area contributed by atoms with Gasteiger partial charge in [0, 0.05) is 32.4 Å². The third-order valence-electron chi connectivity index (χ3n) is 5.04. The molecule has 1 atom stereocenters. The van der Waals surface area contributed by atoms with Crippen LogP contribution in [0.25, 0.3) is 0 Å². The summed E-state index contributed by atoms with van der Waals surface area (Å²) in [6.45, 7) is 4.35. The third-order valence-corrected chi connectivity index (χ3v) is 5.65. The zero-order chi connectivity index (χ0) is 19.8. The van der Waals surface area contributed by atoms with E-state index >= 15 is 0 Å². The summed E-state index contributed by atoms with van der Waals surface area (Å²) >= 11 is 12.2. The Balaban J connectivity index is 1.55. The van der Waals surface area contributed by atoms with Gasteiger partial charge in [0.15, 0.2) is 0 Å². The van der Waals surface area contributed by atoms with Gasteiger partial charge in [-0.1, -0.05) is 35.8 Å². The minimum atomic E-state index is -0.499. The summed E-state index contributed by atoms with van der Waals surface area (Å²) in [5, 5.41) is 3.88. The molecule has 0 saturated carbocycles. The van der Waals surface area contributed by atoms with Gasteiger partial charge < -0.3 is 15.0 Å². The van der Waals surface area contributed by atoms with Crippen LogP contribution in [0.3, 0.4) is 0 Å². The summed E-state index contributed by atoms with van der Waals surface area (Å²) in [5.74, 6) is 0.254. The summed E-state index contributed by atoms with van der Waals surface area (Å²) in [6, 6.07) is 10.0. The Morgan fingerprint density at radius 1 is 1.21 bits per heavy atom. The van der Waals surface area contributed by atoms with E-state index in [2.05, 4.69) is 11.9 Å². The molecular weight excluding hydrogens is 399 g/mol. The standard InChI is InChI=1S/C21H18Cl2N2O3/c1-12-5-8-18(20(26)24-12)25-10-16-15(21(25)27)3-2-4-19(16)28-11-13-9-14(22)6-7-17(13)23/h2-4,6-7,9,18H,1,5,8,10-11H2,(H,24,26). The van der Waals surface area contributed by atoms with Gasteiger partial charge in [-0.2, -0.15) is 0 Å². The van der Waals surface area contributed by atoms with E-state index in [1.807, 2.05) is 6.07 Å². The fourth-order valence-corrected chi connectivity index (χ4v) is 3.95. The Hall–Kier alpha value is -2.50. The first-order chi connectivity index (χ1) is 13.4. The van der Waals surface area contributed by atoms with Gasteiger partial charge in [-0.25, -0.2) is 0 Å². The quantitative estimate of drug-likeness (QED) is 0.806. The van der Waals surface area contributed by atoms with Crippen LogP contribution in [0.1, 0.15) is 34.3 Å². The van der Waals surface area contributed by atoms with E-state index in [4.69, 9.17) is 27.9 Å². The molecule has 1 N–H and O–H groups in total. The zero-order valence-corrected chi connectivity index (χ0v) is 16.5. The van der Waals surface area contributed by atoms with E-state index in [1.165, 1.54) is 0 Å². The van der Waals surface area contributed by atoms with Crippen LogP contribution in [0, 0.1) is 0 Å². The molecule has 0 spiro atoms. The molecule has 28 heavy (non-hydrogen) atoms. The number of nitrogens with one attached hydrogen (secondary N) is 1. The normalized spacial score (nSPS) is 18.9. The van der Waals surface area contributed by atoms with Gasteiger partial charge in [-0.15, -0.1) is 0 Å². The first kappa shape index (κ1) is 18.8. The number of carbonyl (C=O) groups excluding carboxylic acids is 2. The fraction of sp³-hybridized carbons (Fsp3) is 0.238. The summed E-state index contributed by atoms with van der Waals surface area (Å²) in [5.41, 5.74) is 2.79. The molecule has 2 amide bonds. The largest absolute Gasteiger partial charge is 0.488 e. The molecule has 2 aromatic carbocycles. The third kappa shape index (κ3) is 3.48. The SMILES string of the molecule is C=C1CCC(N2Cc3c(OCc4cc(Cl)ccc4Cl)cccc3C2=O)C(=O)N1. The molecule has 0 aromatic heterocycles. The van der Waals surface area contributed by atoms with Crippen molar-refractivity contribution in [3.63, 3.8) is 0 Å². The highest BCUT2D eigenvalue weighted by atomic mass is 35.5. The average molecular weight is 417 g/mol. The number of ether oxygens (including phenoxy) is 1. The molecule has 2 aliphatic rings. The summed E-state index contributed by atoms with van der Waals surface area (Å²) < 4.78 is 5.96. The van der Waals surface area contributed by atoms with Gasteiger partial charge in [0.25, 0.3) is 5.91 Å². The topological polar surface area (TPSA) is 58.6 Å². The maximum atomic E-state index is 12.9. The lowest BCUT2D eigenvalue weighted by Crippen LogP contribution is -2.49. The van der Waals surface area contributed by atoms with E-state index in [9.17, 15) is 9.59 Å².